The molecule has 0 aliphatic carbocycles. The van der Waals surface area contributed by atoms with Crippen LogP contribution in [0.4, 0.5) is 15.3 Å². The number of nitrogen functional groups attached to an aromatic ring is 1. The molecule has 3 saturated heterocycles. The molecular formula is C36H55N3O7. The van der Waals surface area contributed by atoms with Gasteiger partial charge in [0.05, 0.1) is 13.1 Å². The van der Waals surface area contributed by atoms with Gasteiger partial charge in [-0.15, -0.1) is 0 Å². The third kappa shape index (κ3) is 13.0. The van der Waals surface area contributed by atoms with E-state index >= 15 is 0 Å². The van der Waals surface area contributed by atoms with E-state index in [2.05, 4.69) is 0 Å². The predicted octanol–water partition coefficient (Wildman–Crippen LogP) is 7.31. The van der Waals surface area contributed by atoms with Crippen molar-refractivity contribution >= 4 is 17.9 Å². The van der Waals surface area contributed by atoms with Crippen LogP contribution in [-0.2, 0) is 14.2 Å². The summed E-state index contributed by atoms with van der Waals surface area (Å²) < 4.78 is 27.8. The molecule has 0 radical (unpaired) electrons. The minimum absolute atomic E-state index is 0.266. The summed E-state index contributed by atoms with van der Waals surface area (Å²) in [5.41, 5.74) is 4.68. The highest BCUT2D eigenvalue weighted by Gasteiger charge is 2.40. The molecule has 2 unspecified atom stereocenters. The van der Waals surface area contributed by atoms with E-state index in [4.69, 9.17) is 29.4 Å². The molecule has 3 aliphatic rings. The number of nitrogens with two attached hydrogens (primary N) is 1. The van der Waals surface area contributed by atoms with Gasteiger partial charge in [-0.1, -0.05) is 18.2 Å². The fourth-order valence-corrected chi connectivity index (χ4v) is 5.10. The summed E-state index contributed by atoms with van der Waals surface area (Å²) in [4.78, 5) is 27.5. The largest absolute Gasteiger partial charge is 0.486 e. The van der Waals surface area contributed by atoms with Gasteiger partial charge in [-0.25, -0.2) is 9.59 Å². The molecular weight excluding hydrogens is 586 g/mol. The number of hydrogen-bond acceptors (Lipinski definition) is 8. The van der Waals surface area contributed by atoms with Crippen molar-refractivity contribution in [3.63, 3.8) is 0 Å². The second-order valence-electron chi connectivity index (χ2n) is 14.6. The zero-order valence-corrected chi connectivity index (χ0v) is 29.1. The molecule has 0 bridgehead atoms. The smallest absolute Gasteiger partial charge is 0.410 e. The van der Waals surface area contributed by atoms with Crippen LogP contribution in [0.15, 0.2) is 54.6 Å². The van der Waals surface area contributed by atoms with Crippen LogP contribution in [0.2, 0.25) is 0 Å². The third-order valence-electron chi connectivity index (χ3n) is 7.35. The number of benzene rings is 2. The summed E-state index contributed by atoms with van der Waals surface area (Å²) in [6.45, 7) is 19.6. The van der Waals surface area contributed by atoms with E-state index in [0.717, 1.165) is 37.6 Å². The molecule has 2 aromatic carbocycles. The van der Waals surface area contributed by atoms with Crippen LogP contribution in [0.25, 0.3) is 0 Å². The summed E-state index contributed by atoms with van der Waals surface area (Å²) in [7, 11) is 0. The van der Waals surface area contributed by atoms with Gasteiger partial charge < -0.3 is 39.2 Å². The Hall–Kier alpha value is -3.66. The number of amides is 2. The molecule has 0 spiro atoms. The Morgan fingerprint density at radius 3 is 1.48 bits per heavy atom. The van der Waals surface area contributed by atoms with Crippen LogP contribution >= 0.6 is 0 Å². The first-order valence-corrected chi connectivity index (χ1v) is 16.3. The Labute approximate surface area is 275 Å². The van der Waals surface area contributed by atoms with Crippen molar-refractivity contribution in [1.82, 2.24) is 9.80 Å². The predicted molar refractivity (Wildman–Crippen MR) is 180 cm³/mol. The van der Waals surface area contributed by atoms with Gasteiger partial charge in [-0.3, -0.25) is 0 Å². The number of hydrogen-bond donors (Lipinski definition) is 1. The van der Waals surface area contributed by atoms with Gasteiger partial charge in [0.1, 0.15) is 33.9 Å². The fourth-order valence-electron chi connectivity index (χ4n) is 5.10. The van der Waals surface area contributed by atoms with Gasteiger partial charge >= 0.3 is 12.2 Å². The molecule has 10 heteroatoms. The van der Waals surface area contributed by atoms with Crippen molar-refractivity contribution in [2.24, 2.45) is 0 Å². The topological polar surface area (TPSA) is 113 Å². The zero-order valence-electron chi connectivity index (χ0n) is 29.1. The van der Waals surface area contributed by atoms with Gasteiger partial charge in [0, 0.05) is 44.8 Å². The van der Waals surface area contributed by atoms with Crippen LogP contribution in [0, 0.1) is 0 Å². The molecule has 2 N–H and O–H groups in total. The van der Waals surface area contributed by atoms with Gasteiger partial charge in [0.15, 0.2) is 0 Å². The van der Waals surface area contributed by atoms with E-state index in [1.165, 1.54) is 12.8 Å². The number of anilines is 1. The van der Waals surface area contributed by atoms with E-state index < -0.39 is 16.8 Å². The summed E-state index contributed by atoms with van der Waals surface area (Å²) in [6, 6.07) is 17.0. The van der Waals surface area contributed by atoms with E-state index in [1.807, 2.05) is 97.9 Å². The van der Waals surface area contributed by atoms with Crippen LogP contribution in [-0.4, -0.2) is 83.8 Å². The maximum atomic E-state index is 12.1. The van der Waals surface area contributed by atoms with Crippen LogP contribution < -0.4 is 15.2 Å². The number of likely N-dealkylation sites (tertiary alicyclic amines) is 2. The van der Waals surface area contributed by atoms with E-state index in [9.17, 15) is 9.59 Å². The highest BCUT2D eigenvalue weighted by Crippen LogP contribution is 2.30. The molecule has 2 aromatic rings. The van der Waals surface area contributed by atoms with Gasteiger partial charge in [0.25, 0.3) is 0 Å². The minimum atomic E-state index is -0.478. The lowest BCUT2D eigenvalue weighted by molar-refractivity contribution is 0.0222. The van der Waals surface area contributed by atoms with Gasteiger partial charge in [0.2, 0.25) is 0 Å². The van der Waals surface area contributed by atoms with Crippen LogP contribution in [0.5, 0.6) is 11.5 Å². The van der Waals surface area contributed by atoms with E-state index in [1.54, 1.807) is 21.9 Å². The molecule has 3 aliphatic heterocycles. The van der Waals surface area contributed by atoms with Crippen molar-refractivity contribution in [2.75, 3.05) is 45.1 Å². The highest BCUT2D eigenvalue weighted by molar-refractivity contribution is 5.69. The number of nitrogens with zero attached hydrogens (tertiary/aromatic N) is 2. The lowest BCUT2D eigenvalue weighted by Crippen LogP contribution is -2.40. The molecule has 0 saturated carbocycles. The van der Waals surface area contributed by atoms with Crippen molar-refractivity contribution in [3.8, 4) is 11.5 Å². The maximum Gasteiger partial charge on any atom is 0.410 e. The molecule has 256 valence electrons. The van der Waals surface area contributed by atoms with E-state index in [0.29, 0.717) is 31.9 Å². The summed E-state index contributed by atoms with van der Waals surface area (Å²) in [5.74, 6) is 1.60. The lowest BCUT2D eigenvalue weighted by atomic mass is 10.1. The van der Waals surface area contributed by atoms with Crippen molar-refractivity contribution in [2.45, 2.75) is 103 Å². The maximum absolute atomic E-state index is 12.1. The molecule has 3 fully saturated rings. The van der Waals surface area contributed by atoms with Crippen molar-refractivity contribution in [3.05, 3.63) is 54.6 Å². The number of ether oxygens (including phenoxy) is 5. The first-order chi connectivity index (χ1) is 21.4. The number of carbonyl (C=O) groups excluding carboxylic acids is 2. The summed E-state index contributed by atoms with van der Waals surface area (Å²) in [5, 5.41) is 0. The Kier molecular flexibility index (Phi) is 12.6. The second kappa shape index (κ2) is 15.8. The molecule has 2 amide bonds. The second-order valence-corrected chi connectivity index (χ2v) is 14.6. The Morgan fingerprint density at radius 1 is 0.696 bits per heavy atom. The van der Waals surface area contributed by atoms with Crippen LogP contribution in [0.3, 0.4) is 0 Å². The van der Waals surface area contributed by atoms with Crippen molar-refractivity contribution < 1.29 is 33.3 Å². The molecule has 5 rings (SSSR count). The van der Waals surface area contributed by atoms with Gasteiger partial charge in [-0.2, -0.15) is 0 Å². The summed E-state index contributed by atoms with van der Waals surface area (Å²) >= 11 is 0. The average molecular weight is 642 g/mol. The minimum Gasteiger partial charge on any atom is -0.486 e. The molecule has 3 heterocycles. The Morgan fingerprint density at radius 2 is 1.11 bits per heavy atom. The quantitative estimate of drug-likeness (QED) is 0.346. The SMILES string of the molecule is C1CCOC1.CC(C)(C)OC(=O)N1CCC(C)(Oc2ccc(N)cc2)C1.CC(C)(C)OC(=O)N1CCC(C)(Oc2ccccc2)C1. The first-order valence-electron chi connectivity index (χ1n) is 16.3. The average Bonchev–Trinajstić information content (AvgIpc) is 3.72. The van der Waals surface area contributed by atoms with Crippen molar-refractivity contribution in [1.29, 1.82) is 0 Å². The fraction of sp³-hybridized carbons (Fsp3) is 0.611. The monoisotopic (exact) mass is 641 g/mol. The first kappa shape index (κ1) is 36.8. The Balaban J connectivity index is 0.000000217. The van der Waals surface area contributed by atoms with E-state index in [-0.39, 0.29) is 17.8 Å². The highest BCUT2D eigenvalue weighted by atomic mass is 16.6. The Bertz CT molecular complexity index is 1230. The molecule has 10 nitrogen and oxygen atoms in total. The number of para-hydroxylation sites is 1. The van der Waals surface area contributed by atoms with Crippen LogP contribution in [0.1, 0.15) is 81.1 Å². The lowest BCUT2D eigenvalue weighted by Gasteiger charge is -2.28. The number of rotatable bonds is 4. The molecule has 0 aromatic heterocycles. The number of carbonyl (C=O) groups is 2. The van der Waals surface area contributed by atoms with Gasteiger partial charge in [-0.05, 0) is 105 Å². The third-order valence-corrected chi connectivity index (χ3v) is 7.35. The summed E-state index contributed by atoms with van der Waals surface area (Å²) in [6.07, 6.45) is 3.59. The molecule has 2 atom stereocenters. The standard InChI is InChI=1S/C16H24N2O3.C16H23NO3.C4H8O/c1-15(2,3)21-14(19)18-10-9-16(4,11-18)20-13-7-5-12(17)6-8-13;1-15(2,3)20-14(18)17-11-10-16(4,12-17)19-13-8-6-5-7-9-13;1-2-4-5-3-1/h5-8H,9-11,17H2,1-4H3;5-9H,10-12H2,1-4H3;1-4H2. The molecule has 46 heavy (non-hydrogen) atoms. The normalized spacial score (nSPS) is 22.6. The zero-order chi connectivity index (χ0) is 34.0.